The monoisotopic (exact) mass is 510 g/mol. The minimum absolute atomic E-state index is 0.369. The van der Waals surface area contributed by atoms with E-state index >= 15 is 0 Å². The van der Waals surface area contributed by atoms with Crippen molar-refractivity contribution in [1.29, 1.82) is 0 Å². The number of aryl methyl sites for hydroxylation is 2. The second-order valence-electron chi connectivity index (χ2n) is 11.3. The molecule has 6 rings (SSSR count). The van der Waals surface area contributed by atoms with Gasteiger partial charge in [-0.25, -0.2) is 0 Å². The van der Waals surface area contributed by atoms with Crippen molar-refractivity contribution in [2.45, 2.75) is 83.8 Å². The van der Waals surface area contributed by atoms with Crippen molar-refractivity contribution in [3.8, 4) is 0 Å². The molecule has 0 saturated carbocycles. The van der Waals surface area contributed by atoms with Gasteiger partial charge in [-0.1, -0.05) is 44.0 Å². The van der Waals surface area contributed by atoms with E-state index in [1.165, 1.54) is 90.1 Å². The van der Waals surface area contributed by atoms with Crippen LogP contribution in [0.2, 0.25) is 0 Å². The summed E-state index contributed by atoms with van der Waals surface area (Å²) in [5.74, 6) is 0.746. The highest BCUT2D eigenvalue weighted by Crippen LogP contribution is 2.36. The van der Waals surface area contributed by atoms with Crippen LogP contribution in [0.25, 0.3) is 21.8 Å². The van der Waals surface area contributed by atoms with Gasteiger partial charge >= 0.3 is 0 Å². The molecule has 0 bridgehead atoms. The van der Waals surface area contributed by atoms with Crippen LogP contribution in [0.4, 0.5) is 0 Å². The maximum absolute atomic E-state index is 5.64. The van der Waals surface area contributed by atoms with Crippen LogP contribution in [0.5, 0.6) is 0 Å². The van der Waals surface area contributed by atoms with Crippen molar-refractivity contribution >= 4 is 21.8 Å². The minimum atomic E-state index is 0.369. The average molecular weight is 511 g/mol. The summed E-state index contributed by atoms with van der Waals surface area (Å²) < 4.78 is 8.22. The molecule has 3 aromatic heterocycles. The number of benzene rings is 1. The maximum atomic E-state index is 5.64. The van der Waals surface area contributed by atoms with Gasteiger partial charge in [0.25, 0.3) is 0 Å². The van der Waals surface area contributed by atoms with E-state index in [0.717, 1.165) is 45.2 Å². The second-order valence-corrected chi connectivity index (χ2v) is 11.3. The van der Waals surface area contributed by atoms with Gasteiger partial charge in [0.05, 0.1) is 22.9 Å². The lowest BCUT2D eigenvalue weighted by Crippen LogP contribution is -2.33. The van der Waals surface area contributed by atoms with Gasteiger partial charge < -0.3 is 9.30 Å². The molecule has 1 aliphatic carbocycles. The molecule has 0 radical (unpaired) electrons. The predicted molar refractivity (Wildman–Crippen MR) is 155 cm³/mol. The van der Waals surface area contributed by atoms with Crippen molar-refractivity contribution in [2.75, 3.05) is 19.8 Å². The zero-order valence-corrected chi connectivity index (χ0v) is 22.9. The van der Waals surface area contributed by atoms with Gasteiger partial charge in [0.2, 0.25) is 0 Å². The molecule has 1 fully saturated rings. The van der Waals surface area contributed by atoms with E-state index in [0.29, 0.717) is 6.04 Å². The topological polar surface area (TPSA) is 43.2 Å². The van der Waals surface area contributed by atoms with Gasteiger partial charge in [-0.2, -0.15) is 0 Å². The Bertz CT molecular complexity index is 1360. The summed E-state index contributed by atoms with van der Waals surface area (Å²) in [7, 11) is 0. The Morgan fingerprint density at radius 2 is 1.84 bits per heavy atom. The van der Waals surface area contributed by atoms with E-state index in [-0.39, 0.29) is 0 Å². The molecular formula is C33H42N4O. The number of pyridine rings is 2. The molecule has 0 spiro atoms. The number of nitrogens with zero attached hydrogens (tertiary/aromatic N) is 4. The molecule has 2 aliphatic rings. The Morgan fingerprint density at radius 1 is 0.947 bits per heavy atom. The van der Waals surface area contributed by atoms with Gasteiger partial charge in [0.15, 0.2) is 0 Å². The summed E-state index contributed by atoms with van der Waals surface area (Å²) in [6.45, 7) is 7.12. The highest BCUT2D eigenvalue weighted by Gasteiger charge is 2.28. The van der Waals surface area contributed by atoms with Crippen LogP contribution < -0.4 is 0 Å². The van der Waals surface area contributed by atoms with Gasteiger partial charge in [0.1, 0.15) is 0 Å². The Morgan fingerprint density at radius 3 is 2.74 bits per heavy atom. The SMILES string of the molecule is CCCCCN(Cc1nccc2c3ccccc3n(CCC3CCOCC3)c12)C1CCCc2cccnc21. The number of para-hydroxylation sites is 1. The molecule has 4 aromatic rings. The van der Waals surface area contributed by atoms with Crippen molar-refractivity contribution < 1.29 is 4.74 Å². The first kappa shape index (κ1) is 25.5. The lowest BCUT2D eigenvalue weighted by molar-refractivity contribution is 0.0628. The molecule has 38 heavy (non-hydrogen) atoms. The predicted octanol–water partition coefficient (Wildman–Crippen LogP) is 7.47. The Labute approximate surface area is 227 Å². The molecular weight excluding hydrogens is 468 g/mol. The van der Waals surface area contributed by atoms with Crippen molar-refractivity contribution in [2.24, 2.45) is 5.92 Å². The molecule has 0 N–H and O–H groups in total. The summed E-state index contributed by atoms with van der Waals surface area (Å²) in [5.41, 5.74) is 6.61. The summed E-state index contributed by atoms with van der Waals surface area (Å²) in [5, 5.41) is 2.69. The zero-order chi connectivity index (χ0) is 25.7. The smallest absolute Gasteiger partial charge is 0.0786 e. The van der Waals surface area contributed by atoms with Crippen LogP contribution in [0.3, 0.4) is 0 Å². The first-order chi connectivity index (χ1) is 18.8. The first-order valence-corrected chi connectivity index (χ1v) is 14.9. The Kier molecular flexibility index (Phi) is 8.03. The average Bonchev–Trinajstić information content (AvgIpc) is 3.30. The molecule has 1 saturated heterocycles. The van der Waals surface area contributed by atoms with Crippen molar-refractivity contribution in [3.05, 3.63) is 71.8 Å². The van der Waals surface area contributed by atoms with Crippen LogP contribution in [0, 0.1) is 5.92 Å². The fourth-order valence-electron chi connectivity index (χ4n) is 6.81. The van der Waals surface area contributed by atoms with E-state index in [2.05, 4.69) is 58.9 Å². The zero-order valence-electron chi connectivity index (χ0n) is 22.9. The second kappa shape index (κ2) is 12.0. The maximum Gasteiger partial charge on any atom is 0.0786 e. The molecule has 0 amide bonds. The van der Waals surface area contributed by atoms with E-state index in [9.17, 15) is 0 Å². The van der Waals surface area contributed by atoms with Crippen molar-refractivity contribution in [1.82, 2.24) is 19.4 Å². The molecule has 4 heterocycles. The quantitative estimate of drug-likeness (QED) is 0.208. The molecule has 1 aromatic carbocycles. The number of ether oxygens (including phenoxy) is 1. The minimum Gasteiger partial charge on any atom is -0.381 e. The standard InChI is InChI=1S/C33H42N4O/c1-2-3-6-20-36(31-13-7-9-26-10-8-18-35-32(26)31)24-29-33-28(14-19-34-29)27-11-4-5-12-30(27)37(33)21-15-25-16-22-38-23-17-25/h4-5,8,10-12,14,18-19,25,31H,2-3,6-7,9,13,15-17,20-24H2,1H3. The summed E-state index contributed by atoms with van der Waals surface area (Å²) in [4.78, 5) is 12.7. The lowest BCUT2D eigenvalue weighted by Gasteiger charge is -2.35. The Hall–Kier alpha value is -2.76. The third kappa shape index (κ3) is 5.23. The van der Waals surface area contributed by atoms with Crippen molar-refractivity contribution in [3.63, 3.8) is 0 Å². The summed E-state index contributed by atoms with van der Waals surface area (Å²) >= 11 is 0. The fraction of sp³-hybridized carbons (Fsp3) is 0.515. The van der Waals surface area contributed by atoms with E-state index in [1.54, 1.807) is 0 Å². The third-order valence-corrected chi connectivity index (χ3v) is 8.86. The fourth-order valence-corrected chi connectivity index (χ4v) is 6.81. The van der Waals surface area contributed by atoms with Crippen LogP contribution in [0.15, 0.2) is 54.9 Å². The molecule has 1 atom stereocenters. The molecule has 200 valence electrons. The number of hydrogen-bond acceptors (Lipinski definition) is 4. The van der Waals surface area contributed by atoms with Crippen LogP contribution in [-0.2, 0) is 24.2 Å². The number of hydrogen-bond donors (Lipinski definition) is 0. The van der Waals surface area contributed by atoms with Crippen LogP contribution >= 0.6 is 0 Å². The number of fused-ring (bicyclic) bond motifs is 4. The molecule has 5 nitrogen and oxygen atoms in total. The molecule has 1 unspecified atom stereocenters. The molecule has 1 aliphatic heterocycles. The van der Waals surface area contributed by atoms with Crippen LogP contribution in [-0.4, -0.2) is 39.2 Å². The lowest BCUT2D eigenvalue weighted by atomic mass is 9.90. The van der Waals surface area contributed by atoms with Gasteiger partial charge in [-0.05, 0) is 81.2 Å². The van der Waals surface area contributed by atoms with E-state index in [4.69, 9.17) is 14.7 Å². The third-order valence-electron chi connectivity index (χ3n) is 8.86. The largest absolute Gasteiger partial charge is 0.381 e. The van der Waals surface area contributed by atoms with E-state index in [1.807, 2.05) is 12.4 Å². The van der Waals surface area contributed by atoms with Crippen LogP contribution in [0.1, 0.15) is 81.3 Å². The first-order valence-electron chi connectivity index (χ1n) is 14.9. The normalized spacial score (nSPS) is 18.4. The highest BCUT2D eigenvalue weighted by molar-refractivity contribution is 6.08. The van der Waals surface area contributed by atoms with Gasteiger partial charge in [-0.3, -0.25) is 14.9 Å². The number of unbranched alkanes of at least 4 members (excludes halogenated alkanes) is 2. The summed E-state index contributed by atoms with van der Waals surface area (Å²) in [6.07, 6.45) is 14.9. The van der Waals surface area contributed by atoms with Gasteiger partial charge in [-0.15, -0.1) is 0 Å². The number of rotatable bonds is 10. The number of aromatic nitrogens is 3. The molecule has 5 heteroatoms. The highest BCUT2D eigenvalue weighted by atomic mass is 16.5. The Balaban J connectivity index is 1.38. The van der Waals surface area contributed by atoms with E-state index < -0.39 is 0 Å². The summed E-state index contributed by atoms with van der Waals surface area (Å²) in [6, 6.07) is 15.9. The van der Waals surface area contributed by atoms with Gasteiger partial charge in [0, 0.05) is 55.0 Å².